The van der Waals surface area contributed by atoms with Crippen LogP contribution in [0.1, 0.15) is 23.8 Å². The van der Waals surface area contributed by atoms with Crippen LogP contribution in [0, 0.1) is 0 Å². The lowest BCUT2D eigenvalue weighted by Gasteiger charge is -2.32. The normalized spacial score (nSPS) is 19.1. The molecule has 20 heavy (non-hydrogen) atoms. The summed E-state index contributed by atoms with van der Waals surface area (Å²) in [6.45, 7) is 3.16. The molecule has 7 heteroatoms. The zero-order valence-electron chi connectivity index (χ0n) is 11.2. The summed E-state index contributed by atoms with van der Waals surface area (Å²) in [5.74, 6) is -0.00982. The van der Waals surface area contributed by atoms with Gasteiger partial charge in [0.05, 0.1) is 5.02 Å². The molecule has 2 rings (SSSR count). The number of thioether (sulfide) groups is 1. The number of aryl methyl sites for hydroxylation is 1. The lowest BCUT2D eigenvalue weighted by molar-refractivity contribution is -0.141. The van der Waals surface area contributed by atoms with Crippen LogP contribution in [0.2, 0.25) is 5.02 Å². The van der Waals surface area contributed by atoms with Crippen LogP contribution in [0.15, 0.2) is 12.3 Å². The number of rotatable bonds is 4. The van der Waals surface area contributed by atoms with Gasteiger partial charge in [0.2, 0.25) is 0 Å². The van der Waals surface area contributed by atoms with E-state index in [0.717, 1.165) is 12.2 Å². The number of amides is 1. The Labute approximate surface area is 126 Å². The van der Waals surface area contributed by atoms with Crippen molar-refractivity contribution in [2.75, 3.05) is 18.1 Å². The number of halogens is 1. The van der Waals surface area contributed by atoms with Gasteiger partial charge in [0, 0.05) is 30.8 Å². The van der Waals surface area contributed by atoms with E-state index in [4.69, 9.17) is 11.6 Å². The molecule has 0 aromatic carbocycles. The van der Waals surface area contributed by atoms with Gasteiger partial charge in [-0.2, -0.15) is 11.8 Å². The smallest absolute Gasteiger partial charge is 0.327 e. The fourth-order valence-electron chi connectivity index (χ4n) is 2.28. The first-order valence-electron chi connectivity index (χ1n) is 6.51. The maximum atomic E-state index is 12.6. The van der Waals surface area contributed by atoms with Crippen LogP contribution in [-0.2, 0) is 11.3 Å². The molecule has 0 bridgehead atoms. The maximum Gasteiger partial charge on any atom is 0.327 e. The Kier molecular flexibility index (Phi) is 4.99. The third-order valence-corrected chi connectivity index (χ3v) is 4.45. The Hall–Kier alpha value is -1.14. The second kappa shape index (κ2) is 6.54. The van der Waals surface area contributed by atoms with Gasteiger partial charge in [-0.15, -0.1) is 0 Å². The highest BCUT2D eigenvalue weighted by Gasteiger charge is 2.34. The SMILES string of the molecule is CCCn1cc(Cl)cc1C(=O)N1CCSCC1C(=O)O. The molecule has 1 atom stereocenters. The summed E-state index contributed by atoms with van der Waals surface area (Å²) in [6.07, 6.45) is 2.59. The van der Waals surface area contributed by atoms with E-state index in [1.54, 1.807) is 28.6 Å². The minimum atomic E-state index is -0.953. The molecule has 1 saturated heterocycles. The molecule has 1 N–H and O–H groups in total. The summed E-state index contributed by atoms with van der Waals surface area (Å²) in [4.78, 5) is 25.3. The van der Waals surface area contributed by atoms with E-state index in [1.807, 2.05) is 6.92 Å². The number of aromatic nitrogens is 1. The molecule has 0 aliphatic carbocycles. The van der Waals surface area contributed by atoms with Gasteiger partial charge in [-0.25, -0.2) is 4.79 Å². The second-order valence-corrected chi connectivity index (χ2v) is 6.25. The Balaban J connectivity index is 2.27. The first-order valence-corrected chi connectivity index (χ1v) is 8.05. The van der Waals surface area contributed by atoms with Crippen LogP contribution < -0.4 is 0 Å². The molecule has 0 spiro atoms. The molecule has 2 heterocycles. The van der Waals surface area contributed by atoms with Crippen molar-refractivity contribution in [3.63, 3.8) is 0 Å². The van der Waals surface area contributed by atoms with Crippen molar-refractivity contribution in [2.45, 2.75) is 25.9 Å². The zero-order chi connectivity index (χ0) is 14.7. The fourth-order valence-corrected chi connectivity index (χ4v) is 3.54. The number of carboxylic acids is 1. The van der Waals surface area contributed by atoms with Gasteiger partial charge in [0.1, 0.15) is 11.7 Å². The highest BCUT2D eigenvalue weighted by atomic mass is 35.5. The average Bonchev–Trinajstić information content (AvgIpc) is 2.79. The highest BCUT2D eigenvalue weighted by molar-refractivity contribution is 7.99. The van der Waals surface area contributed by atoms with E-state index in [2.05, 4.69) is 0 Å². The molecule has 0 radical (unpaired) electrons. The number of carboxylic acid groups (broad SMARTS) is 1. The van der Waals surface area contributed by atoms with Crippen LogP contribution in [-0.4, -0.2) is 50.5 Å². The summed E-state index contributed by atoms with van der Waals surface area (Å²) in [6, 6.07) is 0.852. The van der Waals surface area contributed by atoms with E-state index in [1.165, 1.54) is 4.90 Å². The second-order valence-electron chi connectivity index (χ2n) is 4.66. The summed E-state index contributed by atoms with van der Waals surface area (Å²) in [5.41, 5.74) is 0.468. The maximum absolute atomic E-state index is 12.6. The van der Waals surface area contributed by atoms with E-state index in [-0.39, 0.29) is 5.91 Å². The van der Waals surface area contributed by atoms with Gasteiger partial charge in [0.25, 0.3) is 5.91 Å². The van der Waals surface area contributed by atoms with Gasteiger partial charge < -0.3 is 14.6 Å². The summed E-state index contributed by atoms with van der Waals surface area (Å²) in [5, 5.41) is 9.74. The zero-order valence-corrected chi connectivity index (χ0v) is 12.8. The standard InChI is InChI=1S/C13H17ClN2O3S/c1-2-3-15-7-9(14)6-10(15)12(17)16-4-5-20-8-11(16)13(18)19/h6-7,11H,2-5,8H2,1H3,(H,18,19). The van der Waals surface area contributed by atoms with Crippen molar-refractivity contribution >= 4 is 35.2 Å². The molecule has 1 fully saturated rings. The summed E-state index contributed by atoms with van der Waals surface area (Å²) in [7, 11) is 0. The minimum Gasteiger partial charge on any atom is -0.480 e. The summed E-state index contributed by atoms with van der Waals surface area (Å²) >= 11 is 7.53. The number of nitrogens with zero attached hydrogens (tertiary/aromatic N) is 2. The molecule has 1 unspecified atom stereocenters. The Morgan fingerprint density at radius 3 is 2.95 bits per heavy atom. The molecular weight excluding hydrogens is 300 g/mol. The van der Waals surface area contributed by atoms with E-state index >= 15 is 0 Å². The molecule has 1 aromatic heterocycles. The summed E-state index contributed by atoms with van der Waals surface area (Å²) < 4.78 is 1.80. The predicted molar refractivity (Wildman–Crippen MR) is 79.5 cm³/mol. The van der Waals surface area contributed by atoms with Gasteiger partial charge in [-0.1, -0.05) is 18.5 Å². The molecule has 1 aliphatic rings. The van der Waals surface area contributed by atoms with Crippen LogP contribution in [0.4, 0.5) is 0 Å². The Bertz CT molecular complexity index is 518. The van der Waals surface area contributed by atoms with Crippen molar-refractivity contribution in [3.05, 3.63) is 23.0 Å². The van der Waals surface area contributed by atoms with E-state index in [9.17, 15) is 14.7 Å². The molecule has 0 saturated carbocycles. The van der Waals surface area contributed by atoms with Crippen molar-refractivity contribution < 1.29 is 14.7 Å². The molecule has 1 aliphatic heterocycles. The number of carbonyl (C=O) groups is 2. The van der Waals surface area contributed by atoms with Crippen molar-refractivity contribution in [1.82, 2.24) is 9.47 Å². The quantitative estimate of drug-likeness (QED) is 0.925. The van der Waals surface area contributed by atoms with Gasteiger partial charge >= 0.3 is 5.97 Å². The van der Waals surface area contributed by atoms with Crippen LogP contribution in [0.3, 0.4) is 0 Å². The van der Waals surface area contributed by atoms with Crippen molar-refractivity contribution in [1.29, 1.82) is 0 Å². The third-order valence-electron chi connectivity index (χ3n) is 3.22. The number of hydrogen-bond acceptors (Lipinski definition) is 3. The van der Waals surface area contributed by atoms with Gasteiger partial charge in [0.15, 0.2) is 0 Å². The largest absolute Gasteiger partial charge is 0.480 e. The molecule has 1 aromatic rings. The van der Waals surface area contributed by atoms with Crippen LogP contribution in [0.5, 0.6) is 0 Å². The number of carbonyl (C=O) groups excluding carboxylic acids is 1. The topological polar surface area (TPSA) is 62.5 Å². The van der Waals surface area contributed by atoms with Gasteiger partial charge in [-0.05, 0) is 12.5 Å². The van der Waals surface area contributed by atoms with Crippen molar-refractivity contribution in [3.8, 4) is 0 Å². The average molecular weight is 317 g/mol. The molecular formula is C13H17ClN2O3S. The molecule has 1 amide bonds. The van der Waals surface area contributed by atoms with Gasteiger partial charge in [-0.3, -0.25) is 4.79 Å². The van der Waals surface area contributed by atoms with Crippen LogP contribution >= 0.6 is 23.4 Å². The minimum absolute atomic E-state index is 0.252. The first kappa shape index (κ1) is 15.3. The first-order chi connectivity index (χ1) is 9.54. The lowest BCUT2D eigenvalue weighted by atomic mass is 10.2. The van der Waals surface area contributed by atoms with Crippen molar-refractivity contribution in [2.24, 2.45) is 0 Å². The molecule has 110 valence electrons. The van der Waals surface area contributed by atoms with E-state index < -0.39 is 12.0 Å². The van der Waals surface area contributed by atoms with E-state index in [0.29, 0.717) is 29.6 Å². The third kappa shape index (κ3) is 3.12. The number of aliphatic carboxylic acids is 1. The predicted octanol–water partition coefficient (Wildman–Crippen LogP) is 2.19. The molecule has 5 nitrogen and oxygen atoms in total. The Morgan fingerprint density at radius 1 is 1.55 bits per heavy atom. The monoisotopic (exact) mass is 316 g/mol. The Morgan fingerprint density at radius 2 is 2.30 bits per heavy atom. The highest BCUT2D eigenvalue weighted by Crippen LogP contribution is 2.22. The number of hydrogen-bond donors (Lipinski definition) is 1. The fraction of sp³-hybridized carbons (Fsp3) is 0.538. The van der Waals surface area contributed by atoms with Crippen LogP contribution in [0.25, 0.3) is 0 Å². The lowest BCUT2D eigenvalue weighted by Crippen LogP contribution is -2.50.